The lowest BCUT2D eigenvalue weighted by Gasteiger charge is -2.09. The normalized spacial score (nSPS) is 15.6. The second-order valence-corrected chi connectivity index (χ2v) is 9.10. The predicted octanol–water partition coefficient (Wildman–Crippen LogP) is 3.98. The van der Waals surface area contributed by atoms with Gasteiger partial charge in [-0.1, -0.05) is 42.1 Å². The lowest BCUT2D eigenvalue weighted by Crippen LogP contribution is -2.28. The van der Waals surface area contributed by atoms with Gasteiger partial charge in [-0.15, -0.1) is 0 Å². The molecule has 10 heteroatoms. The molecule has 1 fully saturated rings. The zero-order chi connectivity index (χ0) is 26.2. The number of nitrogens with one attached hydrogen (secondary N) is 2. The zero-order valence-electron chi connectivity index (χ0n) is 19.8. The largest absolute Gasteiger partial charge is 0.497 e. The summed E-state index contributed by atoms with van der Waals surface area (Å²) in [5.41, 5.74) is 1.76. The molecule has 37 heavy (non-hydrogen) atoms. The van der Waals surface area contributed by atoms with Gasteiger partial charge in [0.15, 0.2) is 17.6 Å². The van der Waals surface area contributed by atoms with Crippen LogP contribution in [-0.4, -0.2) is 47.7 Å². The van der Waals surface area contributed by atoms with Gasteiger partial charge in [-0.2, -0.15) is 0 Å². The average Bonchev–Trinajstić information content (AvgIpc) is 3.25. The van der Waals surface area contributed by atoms with Crippen LogP contribution in [0.1, 0.15) is 27.1 Å². The monoisotopic (exact) mass is 517 g/mol. The van der Waals surface area contributed by atoms with Crippen LogP contribution < -0.4 is 15.4 Å². The fourth-order valence-electron chi connectivity index (χ4n) is 3.38. The average molecular weight is 518 g/mol. The first-order valence-electron chi connectivity index (χ1n) is 11.3. The van der Waals surface area contributed by atoms with Crippen LogP contribution >= 0.6 is 11.8 Å². The summed E-state index contributed by atoms with van der Waals surface area (Å²) in [7, 11) is 1.50. The van der Waals surface area contributed by atoms with Crippen molar-refractivity contribution >= 4 is 51.9 Å². The molecule has 4 rings (SSSR count). The molecule has 188 valence electrons. The van der Waals surface area contributed by atoms with Crippen LogP contribution in [0.3, 0.4) is 0 Å². The molecule has 2 N–H and O–H groups in total. The number of ether oxygens (including phenoxy) is 2. The molecule has 0 aliphatic carbocycles. The maximum atomic E-state index is 12.5. The summed E-state index contributed by atoms with van der Waals surface area (Å²) >= 11 is 1.20. The number of para-hydroxylation sites is 1. The Morgan fingerprint density at radius 2 is 1.73 bits per heavy atom. The number of carbonyl (C=O) groups is 4. The highest BCUT2D eigenvalue weighted by Gasteiger charge is 2.32. The smallest absolute Gasteiger partial charge is 0.338 e. The number of esters is 1. The van der Waals surface area contributed by atoms with Crippen molar-refractivity contribution in [2.75, 3.05) is 19.0 Å². The molecule has 3 aromatic carbocycles. The summed E-state index contributed by atoms with van der Waals surface area (Å²) < 4.78 is 10.2. The molecule has 1 aliphatic rings. The number of hydrogen-bond acceptors (Lipinski definition) is 8. The van der Waals surface area contributed by atoms with Gasteiger partial charge in [0.05, 0.1) is 18.4 Å². The van der Waals surface area contributed by atoms with Crippen LogP contribution in [0, 0.1) is 0 Å². The molecule has 1 saturated heterocycles. The number of Topliss-reactive ketones (excluding diaryl/α,β-unsaturated/α-hetero) is 1. The van der Waals surface area contributed by atoms with Crippen LogP contribution in [-0.2, 0) is 14.3 Å². The highest BCUT2D eigenvalue weighted by molar-refractivity contribution is 8.15. The Hall–Kier alpha value is -4.44. The van der Waals surface area contributed by atoms with Gasteiger partial charge in [0.2, 0.25) is 11.8 Å². The van der Waals surface area contributed by atoms with Gasteiger partial charge in [0.1, 0.15) is 11.0 Å². The second kappa shape index (κ2) is 12.0. The number of thioether (sulfide) groups is 1. The molecule has 2 amide bonds. The van der Waals surface area contributed by atoms with Gasteiger partial charge in [-0.25, -0.2) is 9.79 Å². The van der Waals surface area contributed by atoms with Crippen molar-refractivity contribution in [3.8, 4) is 5.75 Å². The Morgan fingerprint density at radius 1 is 0.973 bits per heavy atom. The maximum absolute atomic E-state index is 12.5. The number of aliphatic imine (C=N–C) groups is 1. The van der Waals surface area contributed by atoms with Crippen LogP contribution in [0.2, 0.25) is 0 Å². The molecule has 0 unspecified atom stereocenters. The van der Waals surface area contributed by atoms with Crippen LogP contribution in [0.4, 0.5) is 11.4 Å². The molecule has 1 aliphatic heterocycles. The second-order valence-electron chi connectivity index (χ2n) is 7.91. The summed E-state index contributed by atoms with van der Waals surface area (Å²) in [5.74, 6) is -1.13. The number of hydrogen-bond donors (Lipinski definition) is 2. The maximum Gasteiger partial charge on any atom is 0.338 e. The molecule has 1 heterocycles. The highest BCUT2D eigenvalue weighted by Crippen LogP contribution is 2.25. The summed E-state index contributed by atoms with van der Waals surface area (Å²) in [6, 6.07) is 21.8. The number of anilines is 1. The molecule has 0 spiro atoms. The van der Waals surface area contributed by atoms with Gasteiger partial charge < -0.3 is 20.1 Å². The zero-order valence-corrected chi connectivity index (χ0v) is 20.6. The molecule has 0 bridgehead atoms. The molecular weight excluding hydrogens is 494 g/mol. The number of amidine groups is 1. The number of benzene rings is 3. The molecular formula is C27H23N3O6S. The van der Waals surface area contributed by atoms with Crippen LogP contribution in [0.25, 0.3) is 0 Å². The number of amides is 2. The number of rotatable bonds is 9. The summed E-state index contributed by atoms with van der Waals surface area (Å²) in [4.78, 5) is 53.7. The van der Waals surface area contributed by atoms with E-state index in [9.17, 15) is 19.2 Å². The lowest BCUT2D eigenvalue weighted by molar-refractivity contribution is -0.122. The number of ketones is 1. The molecule has 0 aromatic heterocycles. The van der Waals surface area contributed by atoms with E-state index in [1.165, 1.54) is 31.0 Å². The molecule has 1 atom stereocenters. The van der Waals surface area contributed by atoms with Crippen molar-refractivity contribution in [2.45, 2.75) is 11.7 Å². The summed E-state index contributed by atoms with van der Waals surface area (Å²) in [5, 5.41) is 5.25. The van der Waals surface area contributed by atoms with Gasteiger partial charge >= 0.3 is 5.97 Å². The Kier molecular flexibility index (Phi) is 8.32. The van der Waals surface area contributed by atoms with Crippen molar-refractivity contribution in [2.24, 2.45) is 4.99 Å². The Bertz CT molecular complexity index is 1340. The Balaban J connectivity index is 1.26. The van der Waals surface area contributed by atoms with Crippen molar-refractivity contribution in [1.82, 2.24) is 5.32 Å². The van der Waals surface area contributed by atoms with Crippen LogP contribution in [0.5, 0.6) is 5.75 Å². The summed E-state index contributed by atoms with van der Waals surface area (Å²) in [6.07, 6.45) is -0.0412. The van der Waals surface area contributed by atoms with Crippen molar-refractivity contribution in [3.63, 3.8) is 0 Å². The molecule has 9 nitrogen and oxygen atoms in total. The van der Waals surface area contributed by atoms with Gasteiger partial charge in [0, 0.05) is 17.7 Å². The van der Waals surface area contributed by atoms with Gasteiger partial charge in [-0.3, -0.25) is 14.4 Å². The van der Waals surface area contributed by atoms with Crippen molar-refractivity contribution in [3.05, 3.63) is 90.0 Å². The topological polar surface area (TPSA) is 123 Å². The highest BCUT2D eigenvalue weighted by atomic mass is 32.2. The minimum absolute atomic E-state index is 0.0412. The minimum atomic E-state index is -0.668. The van der Waals surface area contributed by atoms with E-state index in [1.54, 1.807) is 36.4 Å². The van der Waals surface area contributed by atoms with Crippen LogP contribution in [0.15, 0.2) is 83.9 Å². The molecule has 0 saturated carbocycles. The molecule has 3 aromatic rings. The van der Waals surface area contributed by atoms with E-state index in [2.05, 4.69) is 15.6 Å². The summed E-state index contributed by atoms with van der Waals surface area (Å²) in [6.45, 7) is -0.416. The lowest BCUT2D eigenvalue weighted by atomic mass is 10.1. The van der Waals surface area contributed by atoms with E-state index in [-0.39, 0.29) is 29.6 Å². The standard InChI is InChI=1S/C27H23N3O6S/c1-35-21-9-5-6-18(14-21)22(31)16-36-26(34)17-10-12-20(13-11-17)28-24(32)15-23-25(33)30-27(37-23)29-19-7-3-2-4-8-19/h2-14,23H,15-16H2,1H3,(H,28,32)(H,29,30,33)/t23-/m1/s1. The SMILES string of the molecule is COc1cccc(C(=O)COC(=O)c2ccc(NC(=O)C[C@H]3SC(=Nc4ccccc4)NC3=O)cc2)c1. The third-order valence-corrected chi connectivity index (χ3v) is 6.35. The van der Waals surface area contributed by atoms with E-state index in [1.807, 2.05) is 30.3 Å². The van der Waals surface area contributed by atoms with Crippen molar-refractivity contribution in [1.29, 1.82) is 0 Å². The Labute approximate surface area is 217 Å². The number of nitrogens with zero attached hydrogens (tertiary/aromatic N) is 1. The van der Waals surface area contributed by atoms with E-state index in [0.717, 1.165) is 0 Å². The third-order valence-electron chi connectivity index (χ3n) is 5.26. The quantitative estimate of drug-likeness (QED) is 0.325. The third kappa shape index (κ3) is 7.05. The van der Waals surface area contributed by atoms with Gasteiger partial charge in [-0.05, 0) is 48.5 Å². The van der Waals surface area contributed by atoms with E-state index in [4.69, 9.17) is 9.47 Å². The Morgan fingerprint density at radius 3 is 2.46 bits per heavy atom. The molecule has 0 radical (unpaired) electrons. The van der Waals surface area contributed by atoms with Crippen molar-refractivity contribution < 1.29 is 28.7 Å². The van der Waals surface area contributed by atoms with E-state index < -0.39 is 17.8 Å². The first-order chi connectivity index (χ1) is 17.9. The minimum Gasteiger partial charge on any atom is -0.497 e. The first kappa shape index (κ1) is 25.6. The fraction of sp³-hybridized carbons (Fsp3) is 0.148. The fourth-order valence-corrected chi connectivity index (χ4v) is 4.36. The van der Waals surface area contributed by atoms with Gasteiger partial charge in [0.25, 0.3) is 0 Å². The van der Waals surface area contributed by atoms with E-state index >= 15 is 0 Å². The predicted molar refractivity (Wildman–Crippen MR) is 140 cm³/mol. The van der Waals surface area contributed by atoms with E-state index in [0.29, 0.717) is 27.9 Å². The first-order valence-corrected chi connectivity index (χ1v) is 12.1. The number of carbonyl (C=O) groups excluding carboxylic acids is 4. The number of methoxy groups -OCH3 is 1.